The minimum atomic E-state index is 1.26. The van der Waals surface area contributed by atoms with Crippen molar-refractivity contribution in [2.75, 3.05) is 0 Å². The van der Waals surface area contributed by atoms with Gasteiger partial charge in [0.1, 0.15) is 0 Å². The van der Waals surface area contributed by atoms with Gasteiger partial charge in [-0.15, -0.1) is 0 Å². The average molecular weight is 481 g/mol. The second kappa shape index (κ2) is 8.30. The first kappa shape index (κ1) is 21.2. The van der Waals surface area contributed by atoms with Crippen LogP contribution in [0.3, 0.4) is 0 Å². The molecule has 0 atom stereocenters. The predicted molar refractivity (Wildman–Crippen MR) is 165 cm³/mol. The van der Waals surface area contributed by atoms with Crippen LogP contribution >= 0.6 is 0 Å². The third-order valence-corrected chi connectivity index (χ3v) is 8.02. The highest BCUT2D eigenvalue weighted by Gasteiger charge is 2.16. The molecule has 0 bridgehead atoms. The average Bonchev–Trinajstić information content (AvgIpc) is 2.99. The second-order valence-corrected chi connectivity index (χ2v) is 10.1. The molecule has 0 aromatic heterocycles. The van der Waals surface area contributed by atoms with Crippen LogP contribution in [0.25, 0.3) is 76.1 Å². The molecular formula is C38H24. The Balaban J connectivity index is 1.49. The molecule has 0 radical (unpaired) electrons. The van der Waals surface area contributed by atoms with Crippen molar-refractivity contribution in [3.8, 4) is 22.3 Å². The van der Waals surface area contributed by atoms with E-state index in [4.69, 9.17) is 0 Å². The van der Waals surface area contributed by atoms with Crippen LogP contribution in [-0.2, 0) is 0 Å². The second-order valence-electron chi connectivity index (χ2n) is 10.1. The maximum atomic E-state index is 2.35. The first-order valence-corrected chi connectivity index (χ1v) is 13.2. The Morgan fingerprint density at radius 1 is 0.237 bits per heavy atom. The summed E-state index contributed by atoms with van der Waals surface area (Å²) >= 11 is 0. The zero-order valence-electron chi connectivity index (χ0n) is 20.9. The minimum absolute atomic E-state index is 1.26. The van der Waals surface area contributed by atoms with Gasteiger partial charge in [-0.3, -0.25) is 0 Å². The van der Waals surface area contributed by atoms with Crippen molar-refractivity contribution in [3.05, 3.63) is 146 Å². The van der Waals surface area contributed by atoms with E-state index in [-0.39, 0.29) is 0 Å². The summed E-state index contributed by atoms with van der Waals surface area (Å²) in [6.45, 7) is 0. The van der Waals surface area contributed by atoms with Gasteiger partial charge in [0, 0.05) is 0 Å². The van der Waals surface area contributed by atoms with Gasteiger partial charge in [-0.05, 0) is 88.2 Å². The lowest BCUT2D eigenvalue weighted by Gasteiger charge is -2.17. The van der Waals surface area contributed by atoms with E-state index in [9.17, 15) is 0 Å². The van der Waals surface area contributed by atoms with E-state index >= 15 is 0 Å². The molecule has 0 amide bonds. The number of benzene rings is 8. The summed E-state index contributed by atoms with van der Waals surface area (Å²) in [5, 5.41) is 12.9. The molecule has 176 valence electrons. The van der Waals surface area contributed by atoms with E-state index < -0.39 is 0 Å². The van der Waals surface area contributed by atoms with Gasteiger partial charge in [0.05, 0.1) is 0 Å². The lowest BCUT2D eigenvalue weighted by atomic mass is 9.86. The van der Waals surface area contributed by atoms with Gasteiger partial charge in [0.2, 0.25) is 0 Å². The fraction of sp³-hybridized carbons (Fsp3) is 0. The maximum absolute atomic E-state index is 2.35. The van der Waals surface area contributed by atoms with Gasteiger partial charge in [-0.1, -0.05) is 133 Å². The lowest BCUT2D eigenvalue weighted by Crippen LogP contribution is -1.90. The van der Waals surface area contributed by atoms with Crippen molar-refractivity contribution in [3.63, 3.8) is 0 Å². The van der Waals surface area contributed by atoms with E-state index in [1.807, 2.05) is 0 Å². The Labute approximate surface area is 221 Å². The molecule has 0 heteroatoms. The first-order chi connectivity index (χ1) is 18.9. The Kier molecular flexibility index (Phi) is 4.62. The highest BCUT2D eigenvalue weighted by Crippen LogP contribution is 2.44. The molecule has 0 unspecified atom stereocenters. The molecule has 8 rings (SSSR count). The van der Waals surface area contributed by atoms with Crippen LogP contribution in [0.4, 0.5) is 0 Å². The Bertz CT molecular complexity index is 2140. The van der Waals surface area contributed by atoms with E-state index in [2.05, 4.69) is 146 Å². The van der Waals surface area contributed by atoms with Crippen LogP contribution in [0, 0.1) is 0 Å². The van der Waals surface area contributed by atoms with Gasteiger partial charge in [0.15, 0.2) is 0 Å². The summed E-state index contributed by atoms with van der Waals surface area (Å²) in [6.07, 6.45) is 0. The molecule has 0 nitrogen and oxygen atoms in total. The summed E-state index contributed by atoms with van der Waals surface area (Å²) in [7, 11) is 0. The Morgan fingerprint density at radius 3 is 1.37 bits per heavy atom. The molecule has 8 aromatic carbocycles. The molecule has 0 saturated carbocycles. The van der Waals surface area contributed by atoms with Gasteiger partial charge < -0.3 is 0 Å². The molecule has 0 heterocycles. The topological polar surface area (TPSA) is 0 Å². The molecule has 8 aromatic rings. The molecule has 0 aliphatic rings. The molecule has 0 spiro atoms. The van der Waals surface area contributed by atoms with Crippen molar-refractivity contribution in [1.82, 2.24) is 0 Å². The van der Waals surface area contributed by atoms with E-state index in [1.165, 1.54) is 76.1 Å². The summed E-state index contributed by atoms with van der Waals surface area (Å²) in [6, 6.07) is 53.3. The standard InChI is InChI=1S/C38H24/c1-2-12-26-24-37-27(23-25(26)11-1)13-9-20-33(37)29-15-4-6-17-32(29)36-22-10-21-35-31-16-5-3-14-28(31)30-18-7-8-19-34(30)38(35)36/h1-24H. The number of hydrogen-bond donors (Lipinski definition) is 0. The van der Waals surface area contributed by atoms with Crippen LogP contribution in [0.2, 0.25) is 0 Å². The van der Waals surface area contributed by atoms with Crippen molar-refractivity contribution >= 4 is 53.9 Å². The predicted octanol–water partition coefficient (Wildman–Crippen LogP) is 10.8. The fourth-order valence-corrected chi connectivity index (χ4v) is 6.33. The molecule has 0 aliphatic heterocycles. The first-order valence-electron chi connectivity index (χ1n) is 13.2. The smallest absolute Gasteiger partial charge is 0.00201 e. The molecule has 0 N–H and O–H groups in total. The van der Waals surface area contributed by atoms with Crippen LogP contribution in [0.15, 0.2) is 146 Å². The molecular weight excluding hydrogens is 456 g/mol. The number of hydrogen-bond acceptors (Lipinski definition) is 0. The van der Waals surface area contributed by atoms with Gasteiger partial charge >= 0.3 is 0 Å². The fourth-order valence-electron chi connectivity index (χ4n) is 6.33. The van der Waals surface area contributed by atoms with E-state index in [1.54, 1.807) is 0 Å². The van der Waals surface area contributed by atoms with Crippen LogP contribution in [-0.4, -0.2) is 0 Å². The lowest BCUT2D eigenvalue weighted by molar-refractivity contribution is 1.63. The van der Waals surface area contributed by atoms with Gasteiger partial charge in [-0.25, -0.2) is 0 Å². The van der Waals surface area contributed by atoms with Crippen molar-refractivity contribution in [1.29, 1.82) is 0 Å². The SMILES string of the molecule is c1ccc(-c2cccc3c4ccccc4c4ccccc4c23)c(-c2cccc3cc4ccccc4cc23)c1. The Morgan fingerprint density at radius 2 is 0.658 bits per heavy atom. The normalized spacial score (nSPS) is 11.7. The van der Waals surface area contributed by atoms with E-state index in [0.29, 0.717) is 0 Å². The summed E-state index contributed by atoms with van der Waals surface area (Å²) in [5.41, 5.74) is 5.07. The monoisotopic (exact) mass is 480 g/mol. The highest BCUT2D eigenvalue weighted by molar-refractivity contribution is 6.28. The van der Waals surface area contributed by atoms with Gasteiger partial charge in [-0.2, -0.15) is 0 Å². The third-order valence-electron chi connectivity index (χ3n) is 8.02. The zero-order chi connectivity index (χ0) is 25.1. The maximum Gasteiger partial charge on any atom is -0.00201 e. The van der Waals surface area contributed by atoms with Crippen molar-refractivity contribution in [2.45, 2.75) is 0 Å². The van der Waals surface area contributed by atoms with E-state index in [0.717, 1.165) is 0 Å². The van der Waals surface area contributed by atoms with Crippen molar-refractivity contribution in [2.24, 2.45) is 0 Å². The Hall–Kier alpha value is -4.94. The summed E-state index contributed by atoms with van der Waals surface area (Å²) in [5.74, 6) is 0. The molecule has 0 aliphatic carbocycles. The summed E-state index contributed by atoms with van der Waals surface area (Å²) < 4.78 is 0. The quantitative estimate of drug-likeness (QED) is 0.170. The van der Waals surface area contributed by atoms with Crippen LogP contribution in [0.5, 0.6) is 0 Å². The van der Waals surface area contributed by atoms with Crippen LogP contribution < -0.4 is 0 Å². The van der Waals surface area contributed by atoms with Crippen molar-refractivity contribution < 1.29 is 0 Å². The minimum Gasteiger partial charge on any atom is -0.0616 e. The largest absolute Gasteiger partial charge is 0.0616 e. The van der Waals surface area contributed by atoms with Gasteiger partial charge in [0.25, 0.3) is 0 Å². The third kappa shape index (κ3) is 3.11. The zero-order valence-corrected chi connectivity index (χ0v) is 20.9. The molecule has 38 heavy (non-hydrogen) atoms. The number of fused-ring (bicyclic) bond motifs is 8. The number of rotatable bonds is 2. The molecule has 0 fully saturated rings. The van der Waals surface area contributed by atoms with Crippen LogP contribution in [0.1, 0.15) is 0 Å². The highest BCUT2D eigenvalue weighted by atomic mass is 14.2. The molecule has 0 saturated heterocycles. The summed E-state index contributed by atoms with van der Waals surface area (Å²) in [4.78, 5) is 0.